The number of aromatic hydroxyl groups is 4. The van der Waals surface area contributed by atoms with Crippen LogP contribution in [0, 0.1) is 0 Å². The van der Waals surface area contributed by atoms with Gasteiger partial charge < -0.3 is 42.1 Å². The fourth-order valence-corrected chi connectivity index (χ4v) is 2.77. The van der Waals surface area contributed by atoms with Crippen LogP contribution in [-0.2, 0) is 56.3 Å². The van der Waals surface area contributed by atoms with Gasteiger partial charge in [-0.25, -0.2) is 0 Å². The van der Waals surface area contributed by atoms with Crippen molar-refractivity contribution in [3.63, 3.8) is 0 Å². The van der Waals surface area contributed by atoms with Crippen molar-refractivity contribution in [2.24, 2.45) is 0 Å². The molecule has 0 atom stereocenters. The maximum absolute atomic E-state index is 10.3. The van der Waals surface area contributed by atoms with E-state index >= 15 is 0 Å². The van der Waals surface area contributed by atoms with E-state index in [-0.39, 0.29) is 35.8 Å². The number of nitrogens with one attached hydrogen (secondary N) is 2. The van der Waals surface area contributed by atoms with Gasteiger partial charge in [0.25, 0.3) is 0 Å². The van der Waals surface area contributed by atoms with Crippen molar-refractivity contribution in [2.75, 3.05) is 13.1 Å². The molecule has 1 aromatic heterocycles. The molecule has 0 saturated carbocycles. The first-order valence-corrected chi connectivity index (χ1v) is 11.5. The van der Waals surface area contributed by atoms with Gasteiger partial charge in [-0.1, -0.05) is 18.2 Å². The normalized spacial score (nSPS) is 9.47. The summed E-state index contributed by atoms with van der Waals surface area (Å²) in [7, 11) is 0. The number of hydrogen-bond acceptors (Lipinski definition) is 8. The van der Waals surface area contributed by atoms with Gasteiger partial charge in [-0.3, -0.25) is 14.6 Å². The fourth-order valence-electron chi connectivity index (χ4n) is 2.77. The Hall–Kier alpha value is -3.97. The first kappa shape index (κ1) is 34.0. The summed E-state index contributed by atoms with van der Waals surface area (Å²) >= 11 is 1.06. The summed E-state index contributed by atoms with van der Waals surface area (Å²) < 4.78 is 8.19. The molecule has 0 saturated heterocycles. The monoisotopic (exact) mass is 566 g/mol. The number of phenolic OH excluding ortho intramolecular Hbond substituents is 4. The molecule has 13 heteroatoms. The van der Waals surface area contributed by atoms with Crippen molar-refractivity contribution >= 4 is 11.9 Å². The number of phenols is 4. The number of pyridine rings is 1. The van der Waals surface area contributed by atoms with Gasteiger partial charge >= 0.3 is 33.0 Å². The zero-order valence-electron chi connectivity index (χ0n) is 20.2. The SMILES string of the molecule is O=C(O)Cc1cccc(CC(=O)O)n1.[NH-]CCc1ccc(O)c(O)c1.[NH-]CCc1ccc(O)c(O)c1.[O]=[V+2]. The zero-order chi connectivity index (χ0) is 29.1. The summed E-state index contributed by atoms with van der Waals surface area (Å²) in [6.45, 7) is 0.592. The Labute approximate surface area is 228 Å². The third-order valence-corrected chi connectivity index (χ3v) is 4.44. The van der Waals surface area contributed by atoms with Gasteiger partial charge in [-0.15, -0.1) is 13.1 Å². The van der Waals surface area contributed by atoms with Gasteiger partial charge in [0.2, 0.25) is 0 Å². The number of aliphatic carboxylic acids is 2. The third-order valence-electron chi connectivity index (χ3n) is 4.44. The van der Waals surface area contributed by atoms with Gasteiger partial charge in [-0.05, 0) is 60.4 Å². The number of nitrogens with zero attached hydrogens (tertiary/aromatic N) is 1. The van der Waals surface area contributed by atoms with E-state index < -0.39 is 11.9 Å². The van der Waals surface area contributed by atoms with E-state index in [4.69, 9.17) is 45.8 Å². The Balaban J connectivity index is 0.000000528. The minimum atomic E-state index is -0.982. The molecule has 0 bridgehead atoms. The molecule has 38 heavy (non-hydrogen) atoms. The minimum absolute atomic E-state index is 0.112. The summed E-state index contributed by atoms with van der Waals surface area (Å²) in [4.78, 5) is 24.6. The van der Waals surface area contributed by atoms with Gasteiger partial charge in [0.05, 0.1) is 24.2 Å². The van der Waals surface area contributed by atoms with Crippen LogP contribution in [-0.4, -0.2) is 60.7 Å². The van der Waals surface area contributed by atoms with Gasteiger partial charge in [0, 0.05) is 0 Å². The molecule has 3 rings (SSSR count). The number of carboxylic acids is 2. The molecule has 1 heterocycles. The number of carboxylic acid groups (broad SMARTS) is 2. The number of carbonyl (C=O) groups is 2. The van der Waals surface area contributed by atoms with Crippen molar-refractivity contribution in [1.82, 2.24) is 4.98 Å². The maximum atomic E-state index is 10.3. The Morgan fingerprint density at radius 2 is 1.03 bits per heavy atom. The van der Waals surface area contributed by atoms with E-state index in [1.165, 1.54) is 24.3 Å². The molecule has 0 aliphatic carbocycles. The second-order valence-corrected chi connectivity index (χ2v) is 7.41. The van der Waals surface area contributed by atoms with E-state index in [1.807, 2.05) is 0 Å². The van der Waals surface area contributed by atoms with E-state index in [0.29, 0.717) is 37.3 Å². The summed E-state index contributed by atoms with van der Waals surface area (Å²) in [5, 5.41) is 52.8. The van der Waals surface area contributed by atoms with Crippen LogP contribution in [0.5, 0.6) is 23.0 Å². The molecule has 8 N–H and O–H groups in total. The Bertz CT molecular complexity index is 1080. The number of aromatic nitrogens is 1. The summed E-state index contributed by atoms with van der Waals surface area (Å²) in [5.41, 5.74) is 16.3. The standard InChI is InChI=1S/C9H9NO4.2C8H10NO2.O.V/c11-8(12)4-6-2-1-3-7(10-6)5-9(13)14;2*9-4-3-6-1-2-7(10)8(11)5-6;;/h1-3H,4-5H2,(H,11,12)(H,13,14);2*1-2,5,9-11H,3-4H2;;/q;2*-1;;+2. The molecule has 0 aliphatic rings. The van der Waals surface area contributed by atoms with Crippen LogP contribution in [0.3, 0.4) is 0 Å². The van der Waals surface area contributed by atoms with Crippen molar-refractivity contribution in [3.05, 3.63) is 88.6 Å². The summed E-state index contributed by atoms with van der Waals surface area (Å²) in [5.74, 6) is -2.42. The predicted molar refractivity (Wildman–Crippen MR) is 133 cm³/mol. The molecule has 12 nitrogen and oxygen atoms in total. The first-order valence-electron chi connectivity index (χ1n) is 10.9. The zero-order valence-corrected chi connectivity index (χ0v) is 21.6. The van der Waals surface area contributed by atoms with Crippen LogP contribution in [0.1, 0.15) is 22.5 Å². The van der Waals surface area contributed by atoms with Crippen molar-refractivity contribution in [3.8, 4) is 23.0 Å². The second kappa shape index (κ2) is 19.2. The average molecular weight is 566 g/mol. The van der Waals surface area contributed by atoms with Crippen LogP contribution in [0.4, 0.5) is 0 Å². The third kappa shape index (κ3) is 14.6. The predicted octanol–water partition coefficient (Wildman–Crippen LogP) is 3.60. The first-order chi connectivity index (χ1) is 18.0. The molecular formula is C25H29N3O9V. The molecule has 0 aliphatic heterocycles. The van der Waals surface area contributed by atoms with Crippen LogP contribution in [0.2, 0.25) is 0 Å². The van der Waals surface area contributed by atoms with Crippen LogP contribution >= 0.6 is 0 Å². The average Bonchev–Trinajstić information content (AvgIpc) is 2.86. The molecule has 0 radical (unpaired) electrons. The van der Waals surface area contributed by atoms with Gasteiger partial charge in [-0.2, -0.15) is 0 Å². The van der Waals surface area contributed by atoms with E-state index in [9.17, 15) is 9.59 Å². The number of rotatable bonds is 8. The van der Waals surface area contributed by atoms with Crippen LogP contribution < -0.4 is 0 Å². The second-order valence-electron chi connectivity index (χ2n) is 7.41. The van der Waals surface area contributed by atoms with Gasteiger partial charge in [0.15, 0.2) is 23.0 Å². The number of benzene rings is 2. The molecule has 2 aromatic carbocycles. The van der Waals surface area contributed by atoms with E-state index in [1.54, 1.807) is 30.3 Å². The summed E-state index contributed by atoms with van der Waals surface area (Å²) in [6, 6.07) is 13.9. The van der Waals surface area contributed by atoms with E-state index in [0.717, 1.165) is 28.5 Å². The van der Waals surface area contributed by atoms with Crippen molar-refractivity contribution < 1.29 is 61.3 Å². The molecule has 0 fully saturated rings. The Morgan fingerprint density at radius 1 is 0.658 bits per heavy atom. The van der Waals surface area contributed by atoms with Crippen LogP contribution in [0.15, 0.2) is 54.6 Å². The molecule has 3 aromatic rings. The Morgan fingerprint density at radius 3 is 1.32 bits per heavy atom. The quantitative estimate of drug-likeness (QED) is 0.217. The summed E-state index contributed by atoms with van der Waals surface area (Å²) in [6.07, 6.45) is 0.836. The molecule has 0 spiro atoms. The molecule has 0 amide bonds. The molecular weight excluding hydrogens is 537 g/mol. The van der Waals surface area contributed by atoms with Crippen molar-refractivity contribution in [2.45, 2.75) is 25.7 Å². The van der Waals surface area contributed by atoms with Crippen LogP contribution in [0.25, 0.3) is 11.5 Å². The van der Waals surface area contributed by atoms with Crippen molar-refractivity contribution in [1.29, 1.82) is 0 Å². The topological polar surface area (TPSA) is 233 Å². The molecule has 0 unspecified atom stereocenters. The fraction of sp³-hybridized carbons (Fsp3) is 0.240. The molecule has 203 valence electrons. The van der Waals surface area contributed by atoms with E-state index in [2.05, 4.69) is 4.98 Å². The van der Waals surface area contributed by atoms with Gasteiger partial charge in [0.1, 0.15) is 0 Å². The number of hydrogen-bond donors (Lipinski definition) is 6. The Kier molecular flexibility index (Phi) is 17.2.